The maximum atomic E-state index is 12.9. The summed E-state index contributed by atoms with van der Waals surface area (Å²) in [5, 5.41) is 12.8. The van der Waals surface area contributed by atoms with Crippen molar-refractivity contribution in [3.05, 3.63) is 65.0 Å². The summed E-state index contributed by atoms with van der Waals surface area (Å²) in [4.78, 5) is 14.8. The van der Waals surface area contributed by atoms with Gasteiger partial charge in [-0.1, -0.05) is 48.2 Å². The molecule has 4 rings (SSSR count). The Hall–Kier alpha value is -2.80. The maximum Gasteiger partial charge on any atom is 0.237 e. The molecular formula is C23H27N5OS. The van der Waals surface area contributed by atoms with Crippen molar-refractivity contribution in [3.63, 3.8) is 0 Å². The highest BCUT2D eigenvalue weighted by Crippen LogP contribution is 2.28. The number of nitrogens with zero attached hydrogens (tertiary/aromatic N) is 4. The van der Waals surface area contributed by atoms with Gasteiger partial charge in [-0.05, 0) is 49.4 Å². The summed E-state index contributed by atoms with van der Waals surface area (Å²) in [6, 6.07) is 14.4. The molecule has 0 atom stereocenters. The van der Waals surface area contributed by atoms with Gasteiger partial charge in [0.05, 0.1) is 12.3 Å². The summed E-state index contributed by atoms with van der Waals surface area (Å²) in [5.41, 5.74) is 5.85. The number of carbonyl (C=O) groups excluding carboxylic acids is 1. The number of aryl methyl sites for hydroxylation is 3. The number of carbonyl (C=O) groups is 1. The van der Waals surface area contributed by atoms with E-state index in [1.165, 1.54) is 28.5 Å². The molecule has 0 saturated carbocycles. The van der Waals surface area contributed by atoms with Crippen LogP contribution in [0.4, 0.5) is 11.4 Å². The zero-order chi connectivity index (χ0) is 21.1. The van der Waals surface area contributed by atoms with Gasteiger partial charge in [-0.25, -0.2) is 0 Å². The molecule has 1 aliphatic heterocycles. The summed E-state index contributed by atoms with van der Waals surface area (Å²) in [6.07, 6.45) is 2.04. The standard InChI is InChI=1S/C23H27N5OS/c1-16-8-6-9-17(2)22(16)24-14-20-25-26-23(27(20)3)30-15-21(29)28-13-7-11-18-10-4-5-12-19(18)28/h4-6,8-10,12,24H,7,11,13-15H2,1-3H3. The normalized spacial score (nSPS) is 13.2. The first-order chi connectivity index (χ1) is 14.5. The molecule has 0 spiro atoms. The molecule has 1 aliphatic rings. The van der Waals surface area contributed by atoms with E-state index >= 15 is 0 Å². The van der Waals surface area contributed by atoms with Gasteiger partial charge < -0.3 is 14.8 Å². The summed E-state index contributed by atoms with van der Waals surface area (Å²) in [5.74, 6) is 1.31. The van der Waals surface area contributed by atoms with Crippen LogP contribution < -0.4 is 10.2 Å². The fraction of sp³-hybridized carbons (Fsp3) is 0.348. The molecule has 2 heterocycles. The predicted octanol–water partition coefficient (Wildman–Crippen LogP) is 4.12. The van der Waals surface area contributed by atoms with E-state index in [-0.39, 0.29) is 5.91 Å². The van der Waals surface area contributed by atoms with Crippen LogP contribution in [0.25, 0.3) is 0 Å². The van der Waals surface area contributed by atoms with Gasteiger partial charge in [-0.15, -0.1) is 10.2 Å². The topological polar surface area (TPSA) is 63.1 Å². The quantitative estimate of drug-likeness (QED) is 0.607. The number of hydrogen-bond donors (Lipinski definition) is 1. The number of fused-ring (bicyclic) bond motifs is 1. The van der Waals surface area contributed by atoms with E-state index in [4.69, 9.17) is 0 Å². The molecule has 0 bridgehead atoms. The molecule has 0 saturated heterocycles. The van der Waals surface area contributed by atoms with Crippen molar-refractivity contribution in [2.45, 2.75) is 38.4 Å². The van der Waals surface area contributed by atoms with Crippen LogP contribution in [0.1, 0.15) is 28.9 Å². The number of rotatable bonds is 6. The number of aromatic nitrogens is 3. The van der Waals surface area contributed by atoms with Gasteiger partial charge in [0.1, 0.15) is 0 Å². The van der Waals surface area contributed by atoms with Crippen molar-refractivity contribution in [2.75, 3.05) is 22.5 Å². The second kappa shape index (κ2) is 8.92. The lowest BCUT2D eigenvalue weighted by atomic mass is 10.0. The summed E-state index contributed by atoms with van der Waals surface area (Å²) >= 11 is 1.44. The van der Waals surface area contributed by atoms with E-state index in [0.717, 1.165) is 41.7 Å². The van der Waals surface area contributed by atoms with E-state index < -0.39 is 0 Å². The first kappa shape index (κ1) is 20.5. The molecule has 156 valence electrons. The molecule has 7 heteroatoms. The van der Waals surface area contributed by atoms with E-state index in [1.54, 1.807) is 0 Å². The Bertz CT molecular complexity index is 1040. The zero-order valence-corrected chi connectivity index (χ0v) is 18.5. The Kier molecular flexibility index (Phi) is 6.08. The molecule has 1 amide bonds. The summed E-state index contributed by atoms with van der Waals surface area (Å²) in [7, 11) is 1.95. The van der Waals surface area contributed by atoms with Crippen molar-refractivity contribution in [2.24, 2.45) is 7.05 Å². The highest BCUT2D eigenvalue weighted by Gasteiger charge is 2.23. The van der Waals surface area contributed by atoms with Crippen LogP contribution in [0.2, 0.25) is 0 Å². The molecule has 2 aromatic carbocycles. The van der Waals surface area contributed by atoms with Crippen LogP contribution in [-0.4, -0.2) is 33.0 Å². The molecule has 0 unspecified atom stereocenters. The Balaban J connectivity index is 1.39. The lowest BCUT2D eigenvalue weighted by Crippen LogP contribution is -2.36. The van der Waals surface area contributed by atoms with Gasteiger partial charge in [-0.3, -0.25) is 4.79 Å². The van der Waals surface area contributed by atoms with E-state index in [0.29, 0.717) is 12.3 Å². The summed E-state index contributed by atoms with van der Waals surface area (Å²) in [6.45, 7) is 5.55. The lowest BCUT2D eigenvalue weighted by molar-refractivity contribution is -0.116. The number of anilines is 2. The Morgan fingerprint density at radius 2 is 1.87 bits per heavy atom. The molecule has 3 aromatic rings. The molecule has 30 heavy (non-hydrogen) atoms. The van der Waals surface area contributed by atoms with Crippen molar-refractivity contribution >= 4 is 29.0 Å². The SMILES string of the molecule is Cc1cccc(C)c1NCc1nnc(SCC(=O)N2CCCc3ccccc32)n1C. The molecule has 0 fully saturated rings. The second-order valence-corrected chi connectivity index (χ2v) is 8.59. The van der Waals surface area contributed by atoms with Gasteiger partial charge >= 0.3 is 0 Å². The van der Waals surface area contributed by atoms with Gasteiger partial charge in [0.2, 0.25) is 5.91 Å². The first-order valence-electron chi connectivity index (χ1n) is 10.2. The third kappa shape index (κ3) is 4.21. The number of nitrogens with one attached hydrogen (secondary N) is 1. The van der Waals surface area contributed by atoms with Gasteiger partial charge in [0.15, 0.2) is 11.0 Å². The average molecular weight is 422 g/mol. The van der Waals surface area contributed by atoms with Crippen LogP contribution in [0.3, 0.4) is 0 Å². The van der Waals surface area contributed by atoms with Gasteiger partial charge in [0.25, 0.3) is 0 Å². The van der Waals surface area contributed by atoms with Crippen molar-refractivity contribution in [1.29, 1.82) is 0 Å². The van der Waals surface area contributed by atoms with Crippen molar-refractivity contribution in [1.82, 2.24) is 14.8 Å². The Morgan fingerprint density at radius 3 is 2.67 bits per heavy atom. The molecule has 6 nitrogen and oxygen atoms in total. The fourth-order valence-electron chi connectivity index (χ4n) is 3.88. The minimum absolute atomic E-state index is 0.116. The Morgan fingerprint density at radius 1 is 1.10 bits per heavy atom. The highest BCUT2D eigenvalue weighted by molar-refractivity contribution is 7.99. The maximum absolute atomic E-state index is 12.9. The Labute approximate surface area is 181 Å². The first-order valence-corrected chi connectivity index (χ1v) is 11.2. The number of hydrogen-bond acceptors (Lipinski definition) is 5. The van der Waals surface area contributed by atoms with Gasteiger partial charge in [-0.2, -0.15) is 0 Å². The minimum atomic E-state index is 0.116. The van der Waals surface area contributed by atoms with Crippen molar-refractivity contribution < 1.29 is 4.79 Å². The highest BCUT2D eigenvalue weighted by atomic mass is 32.2. The van der Waals surface area contributed by atoms with Crippen LogP contribution in [0, 0.1) is 13.8 Å². The lowest BCUT2D eigenvalue weighted by Gasteiger charge is -2.29. The number of benzene rings is 2. The third-order valence-corrected chi connectivity index (χ3v) is 6.57. The fourth-order valence-corrected chi connectivity index (χ4v) is 4.69. The molecule has 1 N–H and O–H groups in total. The van der Waals surface area contributed by atoms with Crippen LogP contribution in [-0.2, 0) is 24.8 Å². The summed E-state index contributed by atoms with van der Waals surface area (Å²) < 4.78 is 1.96. The number of thioether (sulfide) groups is 1. The smallest absolute Gasteiger partial charge is 0.237 e. The average Bonchev–Trinajstić information content (AvgIpc) is 3.10. The molecular weight excluding hydrogens is 394 g/mol. The third-order valence-electron chi connectivity index (χ3n) is 5.57. The molecule has 1 aromatic heterocycles. The van der Waals surface area contributed by atoms with Crippen LogP contribution >= 0.6 is 11.8 Å². The van der Waals surface area contributed by atoms with E-state index in [1.807, 2.05) is 34.7 Å². The van der Waals surface area contributed by atoms with Crippen LogP contribution in [0.15, 0.2) is 47.6 Å². The van der Waals surface area contributed by atoms with Crippen molar-refractivity contribution in [3.8, 4) is 0 Å². The minimum Gasteiger partial charge on any atom is -0.377 e. The number of amides is 1. The van der Waals surface area contributed by atoms with Crippen LogP contribution in [0.5, 0.6) is 0 Å². The van der Waals surface area contributed by atoms with E-state index in [9.17, 15) is 4.79 Å². The monoisotopic (exact) mass is 421 g/mol. The second-order valence-electron chi connectivity index (χ2n) is 7.64. The zero-order valence-electron chi connectivity index (χ0n) is 17.7. The number of para-hydroxylation sites is 2. The van der Waals surface area contributed by atoms with Gasteiger partial charge in [0, 0.05) is 25.0 Å². The molecule has 0 aliphatic carbocycles. The predicted molar refractivity (Wildman–Crippen MR) is 122 cm³/mol. The molecule has 0 radical (unpaired) electrons. The largest absolute Gasteiger partial charge is 0.377 e. The van der Waals surface area contributed by atoms with E-state index in [2.05, 4.69) is 53.6 Å².